The molecule has 0 aromatic heterocycles. The molecule has 0 heterocycles. The third-order valence-corrected chi connectivity index (χ3v) is 3.41. The van der Waals surface area contributed by atoms with Gasteiger partial charge in [0.2, 0.25) is 0 Å². The van der Waals surface area contributed by atoms with Crippen LogP contribution in [0.1, 0.15) is 38.5 Å². The van der Waals surface area contributed by atoms with Gasteiger partial charge in [-0.25, -0.2) is 0 Å². The standard InChI is InChI=1S/2C6H11N.C6H10.7CH3.2Pt/c2*1-7-6-4-2-3-5-6;1-3-5-6-4-2;;;;;;;;;/h2*2-3,6-7H,4-5H2,1H3;3-4H,1-2,5-6H2;7*1H3;;/q;;;7*-1;2*+4. The second-order valence-electron chi connectivity index (χ2n) is 5.01. The minimum atomic E-state index is 0. The van der Waals surface area contributed by atoms with E-state index in [-0.39, 0.29) is 94.1 Å². The van der Waals surface area contributed by atoms with Gasteiger partial charge in [-0.15, -0.1) is 13.2 Å². The van der Waals surface area contributed by atoms with E-state index < -0.39 is 0 Å². The van der Waals surface area contributed by atoms with E-state index in [4.69, 9.17) is 0 Å². The summed E-state index contributed by atoms with van der Waals surface area (Å²) < 4.78 is 0. The zero-order valence-electron chi connectivity index (χ0n) is 20.9. The van der Waals surface area contributed by atoms with Crippen LogP contribution >= 0.6 is 0 Å². The molecule has 0 unspecified atom stereocenters. The van der Waals surface area contributed by atoms with Gasteiger partial charge in [-0.1, -0.05) is 36.5 Å². The molecule has 0 spiro atoms. The van der Waals surface area contributed by atoms with E-state index >= 15 is 0 Å². The van der Waals surface area contributed by atoms with Gasteiger partial charge < -0.3 is 62.6 Å². The molecule has 0 radical (unpaired) electrons. The molecule has 29 heavy (non-hydrogen) atoms. The summed E-state index contributed by atoms with van der Waals surface area (Å²) in [6.45, 7) is 7.10. The molecular weight excluding hydrogens is 718 g/mol. The summed E-state index contributed by atoms with van der Waals surface area (Å²) >= 11 is 0. The minimum Gasteiger partial charge on any atom is -0.358 e. The second-order valence-corrected chi connectivity index (χ2v) is 5.01. The summed E-state index contributed by atoms with van der Waals surface area (Å²) in [4.78, 5) is 0. The summed E-state index contributed by atoms with van der Waals surface area (Å²) in [5.41, 5.74) is 0. The second kappa shape index (κ2) is 51.2. The van der Waals surface area contributed by atoms with Crippen molar-refractivity contribution in [2.45, 2.75) is 50.6 Å². The van der Waals surface area contributed by atoms with Crippen LogP contribution in [0.15, 0.2) is 49.6 Å². The van der Waals surface area contributed by atoms with E-state index in [1.807, 2.05) is 26.2 Å². The van der Waals surface area contributed by atoms with Gasteiger partial charge in [-0.2, -0.15) is 0 Å². The third-order valence-electron chi connectivity index (χ3n) is 3.41. The van der Waals surface area contributed by atoms with E-state index in [9.17, 15) is 0 Å². The van der Waals surface area contributed by atoms with Crippen molar-refractivity contribution in [1.82, 2.24) is 10.6 Å². The van der Waals surface area contributed by atoms with Crippen molar-refractivity contribution in [3.05, 3.63) is 102 Å². The fraction of sp³-hybridized carbons (Fsp3) is 0.400. The van der Waals surface area contributed by atoms with Crippen LogP contribution in [0, 0.1) is 52.0 Å². The molecule has 2 N–H and O–H groups in total. The fourth-order valence-corrected chi connectivity index (χ4v) is 1.94. The van der Waals surface area contributed by atoms with Crippen molar-refractivity contribution in [1.29, 1.82) is 0 Å². The molecule has 0 aliphatic heterocycles. The van der Waals surface area contributed by atoms with Gasteiger partial charge in [0.25, 0.3) is 0 Å². The Bertz CT molecular complexity index is 257. The molecule has 0 aromatic rings. The molecule has 0 fully saturated rings. The van der Waals surface area contributed by atoms with E-state index in [2.05, 4.69) is 48.1 Å². The molecule has 0 saturated carbocycles. The Balaban J connectivity index is -0.0000000203. The SMILES string of the molecule is C=CCCC=C.CNC1CC=CC1.CNC1CC=CC1.[CH3-].[CH3-].[CH3-].[CH3-].[CH3-].[CH3-].[CH3-].[Pt+4].[Pt+4]. The van der Waals surface area contributed by atoms with Crippen molar-refractivity contribution in [2.75, 3.05) is 14.1 Å². The Kier molecular flexibility index (Phi) is 111. The van der Waals surface area contributed by atoms with Gasteiger partial charge in [0, 0.05) is 12.1 Å². The van der Waals surface area contributed by atoms with Crippen molar-refractivity contribution in [2.24, 2.45) is 0 Å². The van der Waals surface area contributed by atoms with Crippen LogP contribution in [-0.2, 0) is 42.1 Å². The largest absolute Gasteiger partial charge is 4.00 e. The Morgan fingerprint density at radius 3 is 0.931 bits per heavy atom. The van der Waals surface area contributed by atoms with Gasteiger partial charge >= 0.3 is 42.1 Å². The average molecular weight is 772 g/mol. The van der Waals surface area contributed by atoms with Gasteiger partial charge in [0.1, 0.15) is 0 Å². The normalized spacial score (nSPS) is 11.8. The molecule has 182 valence electrons. The Hall–Kier alpha value is 0.257. The molecular formula is C25H53N2Pt2+. The van der Waals surface area contributed by atoms with Crippen molar-refractivity contribution in [3.63, 3.8) is 0 Å². The molecule has 0 amide bonds. The van der Waals surface area contributed by atoms with Crippen LogP contribution in [0.3, 0.4) is 0 Å². The summed E-state index contributed by atoms with van der Waals surface area (Å²) in [5.74, 6) is 0. The zero-order chi connectivity index (χ0) is 15.1. The molecule has 2 aliphatic carbocycles. The van der Waals surface area contributed by atoms with E-state index in [0.717, 1.165) is 24.9 Å². The fourth-order valence-electron chi connectivity index (χ4n) is 1.94. The summed E-state index contributed by atoms with van der Waals surface area (Å²) in [7, 11) is 4.02. The number of nitrogens with one attached hydrogen (secondary N) is 2. The first kappa shape index (κ1) is 63.0. The molecule has 4 heteroatoms. The maximum absolute atomic E-state index is 3.55. The van der Waals surface area contributed by atoms with Crippen LogP contribution < -0.4 is 10.6 Å². The number of rotatable bonds is 5. The maximum Gasteiger partial charge on any atom is 4.00 e. The van der Waals surface area contributed by atoms with Gasteiger partial charge in [-0.05, 0) is 52.6 Å². The first-order chi connectivity index (χ1) is 9.78. The van der Waals surface area contributed by atoms with Crippen molar-refractivity contribution >= 4 is 0 Å². The van der Waals surface area contributed by atoms with Crippen LogP contribution in [0.25, 0.3) is 0 Å². The quantitative estimate of drug-likeness (QED) is 0.177. The Labute approximate surface area is 218 Å². The Morgan fingerprint density at radius 1 is 0.621 bits per heavy atom. The van der Waals surface area contributed by atoms with Crippen LogP contribution in [0.4, 0.5) is 0 Å². The summed E-state index contributed by atoms with van der Waals surface area (Å²) in [5, 5.41) is 6.40. The van der Waals surface area contributed by atoms with Crippen LogP contribution in [0.5, 0.6) is 0 Å². The molecule has 0 saturated heterocycles. The van der Waals surface area contributed by atoms with E-state index in [1.54, 1.807) is 0 Å². The first-order valence-electron chi connectivity index (χ1n) is 7.64. The average Bonchev–Trinajstić information content (AvgIpc) is 3.18. The minimum absolute atomic E-state index is 0. The molecule has 2 rings (SSSR count). The maximum atomic E-state index is 3.55. The number of hydrogen-bond acceptors (Lipinski definition) is 2. The smallest absolute Gasteiger partial charge is 0.358 e. The molecule has 0 atom stereocenters. The number of hydrogen-bond donors (Lipinski definition) is 2. The van der Waals surface area contributed by atoms with Gasteiger partial charge in [0.15, 0.2) is 0 Å². The third kappa shape index (κ3) is 43.1. The molecule has 0 aromatic carbocycles. The van der Waals surface area contributed by atoms with E-state index in [1.165, 1.54) is 25.7 Å². The van der Waals surface area contributed by atoms with E-state index in [0.29, 0.717) is 0 Å². The predicted molar refractivity (Wildman–Crippen MR) is 137 cm³/mol. The topological polar surface area (TPSA) is 24.1 Å². The number of allylic oxidation sites excluding steroid dienone is 2. The Morgan fingerprint density at radius 2 is 0.828 bits per heavy atom. The predicted octanol–water partition coefficient (Wildman–Crippen LogP) is 7.13. The van der Waals surface area contributed by atoms with Crippen LogP contribution in [0.2, 0.25) is 0 Å². The van der Waals surface area contributed by atoms with Gasteiger partial charge in [-0.3, -0.25) is 0 Å². The summed E-state index contributed by atoms with van der Waals surface area (Å²) in [6.07, 6.45) is 19.7. The summed E-state index contributed by atoms with van der Waals surface area (Å²) in [6, 6.07) is 1.47. The first-order valence-corrected chi connectivity index (χ1v) is 7.64. The zero-order valence-corrected chi connectivity index (χ0v) is 25.5. The molecule has 2 aliphatic rings. The molecule has 0 bridgehead atoms. The van der Waals surface area contributed by atoms with Gasteiger partial charge in [0.05, 0.1) is 0 Å². The van der Waals surface area contributed by atoms with Crippen molar-refractivity contribution < 1.29 is 42.1 Å². The monoisotopic (exact) mass is 771 g/mol. The molecule has 2 nitrogen and oxygen atoms in total. The van der Waals surface area contributed by atoms with Crippen LogP contribution in [-0.4, -0.2) is 26.2 Å². The number of unbranched alkanes of at least 4 members (excludes halogenated alkanes) is 1. The van der Waals surface area contributed by atoms with Crippen molar-refractivity contribution in [3.8, 4) is 0 Å².